The molecule has 0 fully saturated rings. The number of unbranched alkanes of at least 4 members (excludes halogenated alkanes) is 1. The Morgan fingerprint density at radius 1 is 1.03 bits per heavy atom. The molecular weight excluding hydrogens is 388 g/mol. The van der Waals surface area contributed by atoms with Crippen molar-refractivity contribution in [1.82, 2.24) is 19.3 Å². The summed E-state index contributed by atoms with van der Waals surface area (Å²) in [7, 11) is 0. The highest BCUT2D eigenvalue weighted by molar-refractivity contribution is 5.81. The maximum absolute atomic E-state index is 12.7. The highest BCUT2D eigenvalue weighted by Gasteiger charge is 2.14. The van der Waals surface area contributed by atoms with Gasteiger partial charge in [-0.25, -0.2) is 9.78 Å². The number of hydrogen-bond donors (Lipinski definition) is 0. The third-order valence-electron chi connectivity index (χ3n) is 5.89. The smallest absolute Gasteiger partial charge is 0.345 e. The zero-order chi connectivity index (χ0) is 22.0. The lowest BCUT2D eigenvalue weighted by Gasteiger charge is -2.17. The van der Waals surface area contributed by atoms with E-state index in [0.717, 1.165) is 54.9 Å². The first kappa shape index (κ1) is 21.2. The molecule has 0 aliphatic rings. The van der Waals surface area contributed by atoms with E-state index < -0.39 is 0 Å². The fourth-order valence-corrected chi connectivity index (χ4v) is 4.13. The lowest BCUT2D eigenvalue weighted by molar-refractivity contribution is 0.297. The van der Waals surface area contributed by atoms with Crippen molar-refractivity contribution in [2.75, 3.05) is 19.6 Å². The molecule has 0 aliphatic heterocycles. The van der Waals surface area contributed by atoms with Crippen LogP contribution in [0.3, 0.4) is 0 Å². The van der Waals surface area contributed by atoms with Crippen LogP contribution in [0.25, 0.3) is 27.9 Å². The van der Waals surface area contributed by atoms with Crippen LogP contribution >= 0.6 is 0 Å². The molecule has 3 aromatic heterocycles. The van der Waals surface area contributed by atoms with E-state index >= 15 is 0 Å². The lowest BCUT2D eigenvalue weighted by Crippen LogP contribution is -2.23. The van der Waals surface area contributed by atoms with Gasteiger partial charge in [-0.3, -0.25) is 4.98 Å². The van der Waals surface area contributed by atoms with Crippen molar-refractivity contribution in [1.29, 1.82) is 0 Å². The summed E-state index contributed by atoms with van der Waals surface area (Å²) in [4.78, 5) is 24.3. The third kappa shape index (κ3) is 4.54. The summed E-state index contributed by atoms with van der Waals surface area (Å²) in [5, 5.41) is 0.907. The van der Waals surface area contributed by atoms with Crippen LogP contribution < -0.4 is 5.63 Å². The molecule has 4 aromatic rings. The van der Waals surface area contributed by atoms with Gasteiger partial charge in [0.2, 0.25) is 0 Å². The largest absolute Gasteiger partial charge is 0.422 e. The van der Waals surface area contributed by atoms with Crippen LogP contribution in [0.2, 0.25) is 0 Å². The van der Waals surface area contributed by atoms with Crippen LogP contribution in [-0.2, 0) is 6.42 Å². The van der Waals surface area contributed by atoms with Gasteiger partial charge >= 0.3 is 5.63 Å². The molecule has 0 unspecified atom stereocenters. The van der Waals surface area contributed by atoms with Gasteiger partial charge in [0, 0.05) is 17.8 Å². The average Bonchev–Trinajstić information content (AvgIpc) is 3.17. The van der Waals surface area contributed by atoms with Gasteiger partial charge < -0.3 is 13.7 Å². The predicted molar refractivity (Wildman–Crippen MR) is 125 cm³/mol. The SMILES string of the molecule is CCN(CC)CCCCc1ccc2cc(-c3cn4cc(C)nc(C)c4n3)c(=O)oc2c1. The average molecular weight is 419 g/mol. The molecule has 0 saturated heterocycles. The monoisotopic (exact) mass is 418 g/mol. The van der Waals surface area contributed by atoms with Crippen molar-refractivity contribution < 1.29 is 4.42 Å². The Labute approximate surface area is 182 Å². The highest BCUT2D eigenvalue weighted by Crippen LogP contribution is 2.23. The number of nitrogens with zero attached hydrogens (tertiary/aromatic N) is 4. The van der Waals surface area contributed by atoms with Gasteiger partial charge in [-0.2, -0.15) is 0 Å². The number of hydrogen-bond acceptors (Lipinski definition) is 5. The van der Waals surface area contributed by atoms with Gasteiger partial charge in [0.25, 0.3) is 0 Å². The molecule has 6 heteroatoms. The second-order valence-corrected chi connectivity index (χ2v) is 8.13. The second-order valence-electron chi connectivity index (χ2n) is 8.13. The maximum atomic E-state index is 12.7. The Morgan fingerprint density at radius 2 is 1.84 bits per heavy atom. The molecule has 31 heavy (non-hydrogen) atoms. The minimum Gasteiger partial charge on any atom is -0.422 e. The van der Waals surface area contributed by atoms with E-state index in [4.69, 9.17) is 4.42 Å². The minimum atomic E-state index is -0.364. The molecule has 0 spiro atoms. The van der Waals surface area contributed by atoms with Gasteiger partial charge in [0.05, 0.1) is 22.6 Å². The molecule has 0 bridgehead atoms. The number of imidazole rings is 1. The fourth-order valence-electron chi connectivity index (χ4n) is 4.13. The van der Waals surface area contributed by atoms with Crippen LogP contribution in [0.4, 0.5) is 0 Å². The van der Waals surface area contributed by atoms with Crippen LogP contribution in [0.1, 0.15) is 43.6 Å². The minimum absolute atomic E-state index is 0.364. The summed E-state index contributed by atoms with van der Waals surface area (Å²) in [6.07, 6.45) is 7.05. The predicted octanol–water partition coefficient (Wildman–Crippen LogP) is 4.78. The number of aromatic nitrogens is 3. The Hall–Kier alpha value is -2.99. The summed E-state index contributed by atoms with van der Waals surface area (Å²) < 4.78 is 7.60. The third-order valence-corrected chi connectivity index (χ3v) is 5.89. The molecule has 1 aromatic carbocycles. The first-order valence-electron chi connectivity index (χ1n) is 11.1. The molecule has 0 N–H and O–H groups in total. The molecule has 0 amide bonds. The van der Waals surface area contributed by atoms with Crippen molar-refractivity contribution in [2.45, 2.75) is 47.0 Å². The molecule has 0 saturated carbocycles. The Morgan fingerprint density at radius 3 is 2.61 bits per heavy atom. The van der Waals surface area contributed by atoms with Crippen molar-refractivity contribution in [3.05, 3.63) is 64.0 Å². The van der Waals surface area contributed by atoms with Crippen LogP contribution in [0.5, 0.6) is 0 Å². The van der Waals surface area contributed by atoms with Crippen molar-refractivity contribution in [2.24, 2.45) is 0 Å². The standard InChI is InChI=1S/C25H30N4O2/c1-5-28(6-2)12-8-7-9-19-10-11-20-14-21(25(30)31-23(20)13-19)22-16-29-15-17(3)26-18(4)24(29)27-22/h10-11,13-16H,5-9,12H2,1-4H3. The zero-order valence-electron chi connectivity index (χ0n) is 18.8. The van der Waals surface area contributed by atoms with Gasteiger partial charge in [0.15, 0.2) is 5.65 Å². The summed E-state index contributed by atoms with van der Waals surface area (Å²) in [5.74, 6) is 0. The number of benzene rings is 1. The van der Waals surface area contributed by atoms with E-state index in [1.54, 1.807) is 0 Å². The summed E-state index contributed by atoms with van der Waals surface area (Å²) >= 11 is 0. The summed E-state index contributed by atoms with van der Waals surface area (Å²) in [6.45, 7) is 11.6. The molecule has 0 atom stereocenters. The summed E-state index contributed by atoms with van der Waals surface area (Å²) in [6, 6.07) is 8.04. The molecule has 0 radical (unpaired) electrons. The Kier molecular flexibility index (Phi) is 6.18. The molecule has 0 aliphatic carbocycles. The van der Waals surface area contributed by atoms with Crippen LogP contribution in [-0.4, -0.2) is 38.9 Å². The van der Waals surface area contributed by atoms with Crippen molar-refractivity contribution in [3.8, 4) is 11.3 Å². The summed E-state index contributed by atoms with van der Waals surface area (Å²) in [5.41, 5.74) is 5.04. The highest BCUT2D eigenvalue weighted by atomic mass is 16.4. The van der Waals surface area contributed by atoms with Crippen molar-refractivity contribution >= 4 is 16.6 Å². The Bertz CT molecular complexity index is 1270. The normalized spacial score (nSPS) is 11.8. The van der Waals surface area contributed by atoms with E-state index in [1.807, 2.05) is 48.8 Å². The zero-order valence-corrected chi connectivity index (χ0v) is 18.8. The number of rotatable bonds is 8. The number of aryl methyl sites for hydroxylation is 3. The molecule has 6 nitrogen and oxygen atoms in total. The molecular formula is C25H30N4O2. The van der Waals surface area contributed by atoms with Gasteiger partial charge in [-0.1, -0.05) is 26.0 Å². The van der Waals surface area contributed by atoms with Crippen LogP contribution in [0, 0.1) is 13.8 Å². The van der Waals surface area contributed by atoms with Crippen LogP contribution in [0.15, 0.2) is 45.9 Å². The van der Waals surface area contributed by atoms with E-state index in [0.29, 0.717) is 16.8 Å². The van der Waals surface area contributed by atoms with Gasteiger partial charge in [-0.05, 0) is 70.4 Å². The Balaban J connectivity index is 1.56. The number of fused-ring (bicyclic) bond motifs is 2. The molecule has 4 rings (SSSR count). The quantitative estimate of drug-likeness (QED) is 0.304. The lowest BCUT2D eigenvalue weighted by atomic mass is 10.0. The molecule has 3 heterocycles. The molecule has 162 valence electrons. The first-order valence-corrected chi connectivity index (χ1v) is 11.1. The van der Waals surface area contributed by atoms with Crippen molar-refractivity contribution in [3.63, 3.8) is 0 Å². The van der Waals surface area contributed by atoms with Gasteiger partial charge in [0.1, 0.15) is 5.58 Å². The van der Waals surface area contributed by atoms with Gasteiger partial charge in [-0.15, -0.1) is 0 Å². The van der Waals surface area contributed by atoms with E-state index in [2.05, 4.69) is 34.8 Å². The first-order chi connectivity index (χ1) is 15.0. The maximum Gasteiger partial charge on any atom is 0.345 e. The second kappa shape index (κ2) is 9.02. The van der Waals surface area contributed by atoms with E-state index in [-0.39, 0.29) is 5.63 Å². The van der Waals surface area contributed by atoms with E-state index in [9.17, 15) is 4.79 Å². The fraction of sp³-hybridized carbons (Fsp3) is 0.400. The topological polar surface area (TPSA) is 63.6 Å². The van der Waals surface area contributed by atoms with E-state index in [1.165, 1.54) is 12.0 Å².